The summed E-state index contributed by atoms with van der Waals surface area (Å²) in [7, 11) is 3.23. The highest BCUT2D eigenvalue weighted by molar-refractivity contribution is 5.96. The number of likely N-dealkylation sites (N-methyl/N-ethyl adjacent to an activating group) is 1. The lowest BCUT2D eigenvalue weighted by Crippen LogP contribution is -2.31. The Labute approximate surface area is 129 Å². The number of carbonyl (C=O) groups is 1. The molecule has 0 saturated carbocycles. The van der Waals surface area contributed by atoms with Crippen LogP contribution in [0.5, 0.6) is 11.5 Å². The maximum Gasteiger partial charge on any atom is 0.257 e. The lowest BCUT2D eigenvalue weighted by Gasteiger charge is -2.18. The van der Waals surface area contributed by atoms with Crippen molar-refractivity contribution in [1.82, 2.24) is 4.90 Å². The van der Waals surface area contributed by atoms with E-state index in [2.05, 4.69) is 0 Å². The van der Waals surface area contributed by atoms with Crippen LogP contribution in [0.4, 0.5) is 4.39 Å². The molecule has 116 valence electrons. The molecule has 0 bridgehead atoms. The summed E-state index contributed by atoms with van der Waals surface area (Å²) in [6.45, 7) is 0.733. The van der Waals surface area contributed by atoms with Crippen molar-refractivity contribution in [3.05, 3.63) is 59.9 Å². The minimum Gasteiger partial charge on any atom is -0.496 e. The highest BCUT2D eigenvalue weighted by Gasteiger charge is 2.15. The van der Waals surface area contributed by atoms with Crippen LogP contribution in [0.3, 0.4) is 0 Å². The second kappa shape index (κ2) is 7.45. The summed E-state index contributed by atoms with van der Waals surface area (Å²) in [4.78, 5) is 13.9. The molecule has 5 heteroatoms. The fourth-order valence-electron chi connectivity index (χ4n) is 1.96. The summed E-state index contributed by atoms with van der Waals surface area (Å²) in [6, 6.07) is 12.8. The van der Waals surface area contributed by atoms with Gasteiger partial charge in [0.05, 0.1) is 19.2 Å². The molecule has 2 aromatic carbocycles. The SMILES string of the molecule is COc1ccccc1C(=O)N(C)CCOc1ccc(F)cc1. The summed E-state index contributed by atoms with van der Waals surface area (Å²) >= 11 is 0. The van der Waals surface area contributed by atoms with Crippen LogP contribution in [-0.4, -0.2) is 38.1 Å². The number of amides is 1. The van der Waals surface area contributed by atoms with Crippen LogP contribution in [0, 0.1) is 5.82 Å². The lowest BCUT2D eigenvalue weighted by atomic mass is 10.2. The molecule has 1 amide bonds. The van der Waals surface area contributed by atoms with Crippen molar-refractivity contribution in [3.63, 3.8) is 0 Å². The van der Waals surface area contributed by atoms with Crippen molar-refractivity contribution >= 4 is 5.91 Å². The first-order valence-corrected chi connectivity index (χ1v) is 6.88. The number of halogens is 1. The molecule has 0 aliphatic carbocycles. The van der Waals surface area contributed by atoms with E-state index in [-0.39, 0.29) is 11.7 Å². The quantitative estimate of drug-likeness (QED) is 0.823. The zero-order valence-corrected chi connectivity index (χ0v) is 12.6. The molecule has 0 heterocycles. The summed E-state index contributed by atoms with van der Waals surface area (Å²) in [6.07, 6.45) is 0. The number of para-hydroxylation sites is 1. The molecule has 0 saturated heterocycles. The Kier molecular flexibility index (Phi) is 5.36. The predicted molar refractivity (Wildman–Crippen MR) is 81.8 cm³/mol. The smallest absolute Gasteiger partial charge is 0.257 e. The number of hydrogen-bond acceptors (Lipinski definition) is 3. The summed E-state index contributed by atoms with van der Waals surface area (Å²) < 4.78 is 23.5. The van der Waals surface area contributed by atoms with Gasteiger partial charge < -0.3 is 14.4 Å². The van der Waals surface area contributed by atoms with Gasteiger partial charge in [0.15, 0.2) is 0 Å². The Morgan fingerprint density at radius 3 is 2.50 bits per heavy atom. The van der Waals surface area contributed by atoms with Gasteiger partial charge in [-0.1, -0.05) is 12.1 Å². The predicted octanol–water partition coefficient (Wildman–Crippen LogP) is 2.99. The monoisotopic (exact) mass is 303 g/mol. The minimum atomic E-state index is -0.309. The summed E-state index contributed by atoms with van der Waals surface area (Å²) in [5, 5.41) is 0. The van der Waals surface area contributed by atoms with Crippen molar-refractivity contribution in [2.75, 3.05) is 27.3 Å². The first kappa shape index (κ1) is 15.8. The molecule has 0 aliphatic rings. The number of benzene rings is 2. The molecule has 0 spiro atoms. The fraction of sp³-hybridized carbons (Fsp3) is 0.235. The van der Waals surface area contributed by atoms with Gasteiger partial charge in [-0.15, -0.1) is 0 Å². The van der Waals surface area contributed by atoms with Crippen LogP contribution >= 0.6 is 0 Å². The van der Waals surface area contributed by atoms with E-state index < -0.39 is 0 Å². The lowest BCUT2D eigenvalue weighted by molar-refractivity contribution is 0.0770. The third-order valence-corrected chi connectivity index (χ3v) is 3.19. The van der Waals surface area contributed by atoms with E-state index in [4.69, 9.17) is 9.47 Å². The fourth-order valence-corrected chi connectivity index (χ4v) is 1.96. The van der Waals surface area contributed by atoms with Crippen LogP contribution in [0.25, 0.3) is 0 Å². The minimum absolute atomic E-state index is 0.139. The van der Waals surface area contributed by atoms with Crippen molar-refractivity contribution in [3.8, 4) is 11.5 Å². The Balaban J connectivity index is 1.90. The van der Waals surface area contributed by atoms with Gasteiger partial charge in [0.1, 0.15) is 23.9 Å². The molecule has 0 unspecified atom stereocenters. The molecule has 0 N–H and O–H groups in total. The number of carbonyl (C=O) groups excluding carboxylic acids is 1. The standard InChI is InChI=1S/C17H18FNO3/c1-19(11-12-22-14-9-7-13(18)8-10-14)17(20)15-5-3-4-6-16(15)21-2/h3-10H,11-12H2,1-2H3. The average Bonchev–Trinajstić information content (AvgIpc) is 2.55. The molecule has 4 nitrogen and oxygen atoms in total. The highest BCUT2D eigenvalue weighted by Crippen LogP contribution is 2.18. The van der Waals surface area contributed by atoms with Gasteiger partial charge in [0.2, 0.25) is 0 Å². The Morgan fingerprint density at radius 2 is 1.82 bits per heavy atom. The van der Waals surface area contributed by atoms with E-state index in [9.17, 15) is 9.18 Å². The highest BCUT2D eigenvalue weighted by atomic mass is 19.1. The molecule has 0 radical (unpaired) electrons. The zero-order valence-electron chi connectivity index (χ0n) is 12.6. The molecule has 0 aliphatic heterocycles. The number of hydrogen-bond donors (Lipinski definition) is 0. The van der Waals surface area contributed by atoms with Gasteiger partial charge >= 0.3 is 0 Å². The van der Waals surface area contributed by atoms with Crippen LogP contribution in [0.1, 0.15) is 10.4 Å². The molecule has 0 aromatic heterocycles. The third kappa shape index (κ3) is 3.97. The first-order chi connectivity index (χ1) is 10.6. The Hall–Kier alpha value is -2.56. The normalized spacial score (nSPS) is 10.1. The summed E-state index contributed by atoms with van der Waals surface area (Å²) in [5.41, 5.74) is 0.509. The molecular formula is C17H18FNO3. The number of nitrogens with zero attached hydrogens (tertiary/aromatic N) is 1. The van der Waals surface area contributed by atoms with Gasteiger partial charge in [0.25, 0.3) is 5.91 Å². The zero-order chi connectivity index (χ0) is 15.9. The first-order valence-electron chi connectivity index (χ1n) is 6.88. The molecule has 0 fully saturated rings. The molecular weight excluding hydrogens is 285 g/mol. The van der Waals surface area contributed by atoms with E-state index in [0.29, 0.717) is 30.2 Å². The van der Waals surface area contributed by atoms with E-state index >= 15 is 0 Å². The van der Waals surface area contributed by atoms with Crippen LogP contribution in [-0.2, 0) is 0 Å². The second-order valence-electron chi connectivity index (χ2n) is 4.73. The van der Waals surface area contributed by atoms with Gasteiger partial charge in [-0.2, -0.15) is 0 Å². The maximum absolute atomic E-state index is 12.8. The van der Waals surface area contributed by atoms with E-state index in [1.165, 1.54) is 19.2 Å². The van der Waals surface area contributed by atoms with Crippen LogP contribution in [0.15, 0.2) is 48.5 Å². The van der Waals surface area contributed by atoms with Gasteiger partial charge in [-0.05, 0) is 36.4 Å². The van der Waals surface area contributed by atoms with Gasteiger partial charge in [-0.25, -0.2) is 4.39 Å². The Bertz CT molecular complexity index is 628. The number of ether oxygens (including phenoxy) is 2. The largest absolute Gasteiger partial charge is 0.496 e. The summed E-state index contributed by atoms with van der Waals surface area (Å²) in [5.74, 6) is 0.661. The molecule has 2 aromatic rings. The van der Waals surface area contributed by atoms with Crippen molar-refractivity contribution in [2.45, 2.75) is 0 Å². The average molecular weight is 303 g/mol. The van der Waals surface area contributed by atoms with E-state index in [0.717, 1.165) is 0 Å². The van der Waals surface area contributed by atoms with Crippen molar-refractivity contribution in [1.29, 1.82) is 0 Å². The molecule has 0 atom stereocenters. The number of rotatable bonds is 6. The van der Waals surface area contributed by atoms with Gasteiger partial charge in [0, 0.05) is 7.05 Å². The van der Waals surface area contributed by atoms with Crippen molar-refractivity contribution < 1.29 is 18.7 Å². The van der Waals surface area contributed by atoms with Crippen LogP contribution in [0.2, 0.25) is 0 Å². The molecule has 2 rings (SSSR count). The van der Waals surface area contributed by atoms with E-state index in [1.807, 2.05) is 6.07 Å². The Morgan fingerprint density at radius 1 is 1.14 bits per heavy atom. The van der Waals surface area contributed by atoms with Gasteiger partial charge in [-0.3, -0.25) is 4.79 Å². The topological polar surface area (TPSA) is 38.8 Å². The third-order valence-electron chi connectivity index (χ3n) is 3.19. The van der Waals surface area contributed by atoms with Crippen molar-refractivity contribution in [2.24, 2.45) is 0 Å². The van der Waals surface area contributed by atoms with Crippen LogP contribution < -0.4 is 9.47 Å². The van der Waals surface area contributed by atoms with E-state index in [1.54, 1.807) is 42.3 Å². The second-order valence-corrected chi connectivity index (χ2v) is 4.73. The maximum atomic E-state index is 12.8. The number of methoxy groups -OCH3 is 1. The molecule has 22 heavy (non-hydrogen) atoms.